The van der Waals surface area contributed by atoms with Crippen molar-refractivity contribution in [2.24, 2.45) is 0 Å². The second kappa shape index (κ2) is 6.03. The molecule has 0 unspecified atom stereocenters. The van der Waals surface area contributed by atoms with Crippen molar-refractivity contribution < 1.29 is 9.15 Å². The van der Waals surface area contributed by atoms with Crippen molar-refractivity contribution in [2.75, 3.05) is 12.8 Å². The van der Waals surface area contributed by atoms with Gasteiger partial charge in [-0.2, -0.15) is 0 Å². The molecule has 4 aromatic rings. The van der Waals surface area contributed by atoms with Gasteiger partial charge >= 0.3 is 5.63 Å². The smallest absolute Gasteiger partial charge is 0.336 e. The fraction of sp³-hybridized carbons (Fsp3) is 0.0556. The van der Waals surface area contributed by atoms with E-state index in [2.05, 4.69) is 9.97 Å². The fourth-order valence-corrected chi connectivity index (χ4v) is 3.36. The molecule has 0 amide bonds. The fourth-order valence-electron chi connectivity index (χ4n) is 2.67. The molecule has 0 fully saturated rings. The summed E-state index contributed by atoms with van der Waals surface area (Å²) in [6.07, 6.45) is 0. The molecule has 0 radical (unpaired) electrons. The molecule has 2 N–H and O–H groups in total. The summed E-state index contributed by atoms with van der Waals surface area (Å²) in [5.74, 6) is 0.676. The number of nitrogens with two attached hydrogens (primary N) is 1. The van der Waals surface area contributed by atoms with Crippen molar-refractivity contribution >= 4 is 28.3 Å². The highest BCUT2D eigenvalue weighted by Gasteiger charge is 2.17. The Morgan fingerprint density at radius 3 is 2.68 bits per heavy atom. The van der Waals surface area contributed by atoms with Gasteiger partial charge in [0.1, 0.15) is 5.75 Å². The molecular formula is C18H13N3O3S. The minimum atomic E-state index is -0.442. The number of hydrogen-bond donors (Lipinski definition) is 1. The van der Waals surface area contributed by atoms with E-state index in [1.807, 2.05) is 29.6 Å². The highest BCUT2D eigenvalue weighted by molar-refractivity contribution is 7.13. The third-order valence-corrected chi connectivity index (χ3v) is 4.64. The minimum absolute atomic E-state index is 0.137. The monoisotopic (exact) mass is 351 g/mol. The van der Waals surface area contributed by atoms with E-state index in [4.69, 9.17) is 14.9 Å². The molecule has 124 valence electrons. The average Bonchev–Trinajstić information content (AvgIpc) is 3.14. The molecular weight excluding hydrogens is 338 g/mol. The quantitative estimate of drug-likeness (QED) is 0.567. The molecule has 4 rings (SSSR count). The topological polar surface area (TPSA) is 91.2 Å². The Bertz CT molecular complexity index is 1120. The molecule has 1 aromatic carbocycles. The summed E-state index contributed by atoms with van der Waals surface area (Å²) in [7, 11) is 1.55. The number of nitrogens with zero attached hydrogens (tertiary/aromatic N) is 2. The molecule has 0 aliphatic heterocycles. The number of nitrogen functional groups attached to an aromatic ring is 1. The molecule has 6 nitrogen and oxygen atoms in total. The zero-order chi connectivity index (χ0) is 17.4. The number of fused-ring (bicyclic) bond motifs is 1. The number of rotatable bonds is 3. The van der Waals surface area contributed by atoms with Crippen LogP contribution in [-0.4, -0.2) is 17.1 Å². The molecule has 0 saturated carbocycles. The van der Waals surface area contributed by atoms with Gasteiger partial charge in [0.2, 0.25) is 5.95 Å². The molecule has 25 heavy (non-hydrogen) atoms. The van der Waals surface area contributed by atoms with Gasteiger partial charge in [0.05, 0.1) is 28.9 Å². The van der Waals surface area contributed by atoms with Gasteiger partial charge in [-0.15, -0.1) is 11.3 Å². The summed E-state index contributed by atoms with van der Waals surface area (Å²) >= 11 is 1.55. The second-order valence-corrected chi connectivity index (χ2v) is 6.24. The molecule has 0 saturated heterocycles. The zero-order valence-electron chi connectivity index (χ0n) is 13.2. The normalized spacial score (nSPS) is 10.9. The van der Waals surface area contributed by atoms with Gasteiger partial charge in [-0.25, -0.2) is 14.8 Å². The third kappa shape index (κ3) is 2.74. The number of anilines is 1. The predicted molar refractivity (Wildman–Crippen MR) is 97.8 cm³/mol. The number of thiophene rings is 1. The number of methoxy groups -OCH3 is 1. The lowest BCUT2D eigenvalue weighted by Crippen LogP contribution is -2.01. The van der Waals surface area contributed by atoms with E-state index in [-0.39, 0.29) is 5.95 Å². The summed E-state index contributed by atoms with van der Waals surface area (Å²) in [5.41, 5.74) is 7.69. The standard InChI is InChI=1S/C18H13N3O3S/c1-23-13-6-4-10-5-7-15(22)24-17(10)16(13)12-9-11(20-18(19)21-12)14-3-2-8-25-14/h2-9H,1H3,(H2,19,20,21). The first-order valence-corrected chi connectivity index (χ1v) is 8.33. The van der Waals surface area contributed by atoms with Gasteiger partial charge in [-0.3, -0.25) is 0 Å². The van der Waals surface area contributed by atoms with Crippen LogP contribution in [0.3, 0.4) is 0 Å². The van der Waals surface area contributed by atoms with Crippen molar-refractivity contribution in [3.63, 3.8) is 0 Å². The first-order valence-electron chi connectivity index (χ1n) is 7.45. The summed E-state index contributed by atoms with van der Waals surface area (Å²) in [6, 6.07) is 12.4. The van der Waals surface area contributed by atoms with Crippen LogP contribution in [0, 0.1) is 0 Å². The average molecular weight is 351 g/mol. The lowest BCUT2D eigenvalue weighted by molar-refractivity contribution is 0.415. The van der Waals surface area contributed by atoms with E-state index in [1.165, 1.54) is 6.07 Å². The third-order valence-electron chi connectivity index (χ3n) is 3.74. The largest absolute Gasteiger partial charge is 0.496 e. The first kappa shape index (κ1) is 15.3. The van der Waals surface area contributed by atoms with E-state index in [1.54, 1.807) is 30.6 Å². The highest BCUT2D eigenvalue weighted by atomic mass is 32.1. The van der Waals surface area contributed by atoms with Crippen molar-refractivity contribution in [1.29, 1.82) is 0 Å². The molecule has 0 spiro atoms. The van der Waals surface area contributed by atoms with Crippen molar-refractivity contribution in [3.8, 4) is 27.6 Å². The number of benzene rings is 1. The van der Waals surface area contributed by atoms with Crippen LogP contribution in [0.2, 0.25) is 0 Å². The number of hydrogen-bond acceptors (Lipinski definition) is 7. The van der Waals surface area contributed by atoms with Crippen LogP contribution in [0.1, 0.15) is 0 Å². The molecule has 7 heteroatoms. The van der Waals surface area contributed by atoms with Crippen molar-refractivity contribution in [1.82, 2.24) is 9.97 Å². The van der Waals surface area contributed by atoms with Crippen molar-refractivity contribution in [2.45, 2.75) is 0 Å². The molecule has 0 bridgehead atoms. The highest BCUT2D eigenvalue weighted by Crippen LogP contribution is 2.37. The molecule has 3 aromatic heterocycles. The lowest BCUT2D eigenvalue weighted by atomic mass is 10.1. The molecule has 0 aliphatic carbocycles. The second-order valence-electron chi connectivity index (χ2n) is 5.29. The number of ether oxygens (including phenoxy) is 1. The Morgan fingerprint density at radius 1 is 1.12 bits per heavy atom. The van der Waals surface area contributed by atoms with E-state index in [0.29, 0.717) is 28.3 Å². The van der Waals surface area contributed by atoms with E-state index in [0.717, 1.165) is 10.3 Å². The Hall–Kier alpha value is -3.19. The van der Waals surface area contributed by atoms with Gasteiger partial charge in [-0.1, -0.05) is 6.07 Å². The summed E-state index contributed by atoms with van der Waals surface area (Å²) in [4.78, 5) is 21.3. The molecule has 0 aliphatic rings. The Morgan fingerprint density at radius 2 is 1.92 bits per heavy atom. The predicted octanol–water partition coefficient (Wildman–Crippen LogP) is 3.57. The summed E-state index contributed by atoms with van der Waals surface area (Å²) < 4.78 is 10.9. The van der Waals surface area contributed by atoms with Crippen LogP contribution in [0.15, 0.2) is 57.1 Å². The van der Waals surface area contributed by atoms with E-state index < -0.39 is 5.63 Å². The van der Waals surface area contributed by atoms with Crippen LogP contribution < -0.4 is 16.1 Å². The van der Waals surface area contributed by atoms with Gasteiger partial charge in [0.15, 0.2) is 5.58 Å². The number of aromatic nitrogens is 2. The summed E-state index contributed by atoms with van der Waals surface area (Å²) in [6.45, 7) is 0. The molecule has 3 heterocycles. The Kier molecular flexibility index (Phi) is 3.70. The van der Waals surface area contributed by atoms with Gasteiger partial charge in [-0.05, 0) is 35.7 Å². The molecule has 0 atom stereocenters. The SMILES string of the molecule is COc1ccc2ccc(=O)oc2c1-c1cc(-c2cccs2)nc(N)n1. The summed E-state index contributed by atoms with van der Waals surface area (Å²) in [5, 5.41) is 2.73. The van der Waals surface area contributed by atoms with Gasteiger partial charge < -0.3 is 14.9 Å². The van der Waals surface area contributed by atoms with Gasteiger partial charge in [0, 0.05) is 11.5 Å². The van der Waals surface area contributed by atoms with Gasteiger partial charge in [0.25, 0.3) is 0 Å². The zero-order valence-corrected chi connectivity index (χ0v) is 14.0. The van der Waals surface area contributed by atoms with Crippen molar-refractivity contribution in [3.05, 3.63) is 58.3 Å². The lowest BCUT2D eigenvalue weighted by Gasteiger charge is -2.11. The first-order chi connectivity index (χ1) is 12.2. The van der Waals surface area contributed by atoms with Crippen LogP contribution >= 0.6 is 11.3 Å². The van der Waals surface area contributed by atoms with E-state index >= 15 is 0 Å². The maximum absolute atomic E-state index is 11.7. The van der Waals surface area contributed by atoms with E-state index in [9.17, 15) is 4.79 Å². The Balaban J connectivity index is 2.04. The van der Waals surface area contributed by atoms with Crippen LogP contribution in [0.5, 0.6) is 5.75 Å². The minimum Gasteiger partial charge on any atom is -0.496 e. The van der Waals surface area contributed by atoms with Crippen LogP contribution in [0.25, 0.3) is 32.8 Å². The van der Waals surface area contributed by atoms with Crippen LogP contribution in [0.4, 0.5) is 5.95 Å². The Labute approximate surface area is 146 Å². The maximum atomic E-state index is 11.7. The maximum Gasteiger partial charge on any atom is 0.336 e. The van der Waals surface area contributed by atoms with Crippen LogP contribution in [-0.2, 0) is 0 Å².